The van der Waals surface area contributed by atoms with Gasteiger partial charge in [-0.25, -0.2) is 0 Å². The van der Waals surface area contributed by atoms with E-state index in [4.69, 9.17) is 32.7 Å². The van der Waals surface area contributed by atoms with Crippen LogP contribution in [0.2, 0.25) is 0 Å². The summed E-state index contributed by atoms with van der Waals surface area (Å²) in [5.74, 6) is -0.870. The number of benzene rings is 1. The lowest BCUT2D eigenvalue weighted by molar-refractivity contribution is -0.259. The molecule has 0 aromatic heterocycles. The van der Waals surface area contributed by atoms with E-state index >= 15 is 0 Å². The Morgan fingerprint density at radius 1 is 1.29 bits per heavy atom. The lowest BCUT2D eigenvalue weighted by atomic mass is 9.92. The van der Waals surface area contributed by atoms with Crippen LogP contribution in [-0.4, -0.2) is 28.9 Å². The van der Waals surface area contributed by atoms with Crippen molar-refractivity contribution in [2.24, 2.45) is 11.8 Å². The molecule has 34 heavy (non-hydrogen) atoms. The summed E-state index contributed by atoms with van der Waals surface area (Å²) in [6.45, 7) is 4.39. The molecule has 9 heteroatoms. The van der Waals surface area contributed by atoms with Gasteiger partial charge in [-0.05, 0) is 73.6 Å². The lowest BCUT2D eigenvalue weighted by Gasteiger charge is -2.40. The number of aryl methyl sites for hydroxylation is 1. The molecular weight excluding hydrogens is 512 g/mol. The molecule has 3 aliphatic rings. The standard InChI is InChI=1S/C25H34Cl2NO4PS/c1-16-23(12-11-22(26)24(16)27)34(30,33)28-20-10-9-19(6-3-5-18-7-8-18)21(15-20)25(17(2)29)31-13-4-14-32-25/h9-12,15-16,18,24,28,30H,3-8,13-14,33H2,1-2H3. The minimum Gasteiger partial charge on any atom is -0.340 e. The number of ketones is 1. The molecule has 1 heterocycles. The van der Waals surface area contributed by atoms with Gasteiger partial charge in [0.05, 0.1) is 18.6 Å². The summed E-state index contributed by atoms with van der Waals surface area (Å²) >= 11 is 12.6. The summed E-state index contributed by atoms with van der Waals surface area (Å²) < 4.78 is 26.8. The molecule has 4 rings (SSSR count). The van der Waals surface area contributed by atoms with Gasteiger partial charge in [0, 0.05) is 34.0 Å². The lowest BCUT2D eigenvalue weighted by Crippen LogP contribution is -2.44. The zero-order valence-electron chi connectivity index (χ0n) is 19.7. The monoisotopic (exact) mass is 545 g/mol. The van der Waals surface area contributed by atoms with Crippen molar-refractivity contribution in [1.82, 2.24) is 0 Å². The van der Waals surface area contributed by atoms with Crippen molar-refractivity contribution in [1.29, 1.82) is 0 Å². The zero-order valence-corrected chi connectivity index (χ0v) is 23.2. The highest BCUT2D eigenvalue weighted by atomic mass is 35.5. The molecule has 0 amide bonds. The normalized spacial score (nSPS) is 27.2. The molecule has 1 aromatic rings. The number of hydrogen-bond acceptors (Lipinski definition) is 5. The maximum atomic E-state index is 12.9. The minimum atomic E-state index is -2.49. The Morgan fingerprint density at radius 3 is 2.65 bits per heavy atom. The van der Waals surface area contributed by atoms with E-state index < -0.39 is 21.3 Å². The van der Waals surface area contributed by atoms with Crippen LogP contribution in [0.3, 0.4) is 0 Å². The van der Waals surface area contributed by atoms with Gasteiger partial charge in [0.25, 0.3) is 5.79 Å². The Bertz CT molecular complexity index is 989. The summed E-state index contributed by atoms with van der Waals surface area (Å²) in [7, 11) is 0.0625. The molecule has 1 saturated heterocycles. The molecule has 0 bridgehead atoms. The fourth-order valence-corrected chi connectivity index (χ4v) is 8.05. The highest BCUT2D eigenvalue weighted by Crippen LogP contribution is 2.62. The van der Waals surface area contributed by atoms with Crippen LogP contribution in [0.25, 0.3) is 0 Å². The van der Waals surface area contributed by atoms with Crippen molar-refractivity contribution in [2.75, 3.05) is 17.9 Å². The molecule has 2 N–H and O–H groups in total. The molecule has 4 atom stereocenters. The van der Waals surface area contributed by atoms with Crippen LogP contribution in [0.4, 0.5) is 5.69 Å². The quantitative estimate of drug-likeness (QED) is 0.252. The third kappa shape index (κ3) is 5.70. The number of rotatable bonds is 9. The molecule has 4 unspecified atom stereocenters. The van der Waals surface area contributed by atoms with E-state index in [1.807, 2.05) is 31.2 Å². The smallest absolute Gasteiger partial charge is 0.256 e. The average molecular weight is 546 g/mol. The van der Waals surface area contributed by atoms with Crippen LogP contribution in [0.5, 0.6) is 0 Å². The number of anilines is 1. The van der Waals surface area contributed by atoms with Crippen molar-refractivity contribution in [3.8, 4) is 0 Å². The minimum absolute atomic E-state index is 0.140. The number of Topliss-reactive ketones (excluding diaryl/α,β-unsaturated/α-hetero) is 1. The molecule has 1 saturated carbocycles. The predicted octanol–water partition coefficient (Wildman–Crippen LogP) is 7.26. The van der Waals surface area contributed by atoms with Crippen LogP contribution in [0, 0.1) is 11.8 Å². The first-order valence-electron chi connectivity index (χ1n) is 11.9. The van der Waals surface area contributed by atoms with Gasteiger partial charge in [0.1, 0.15) is 0 Å². The van der Waals surface area contributed by atoms with Crippen molar-refractivity contribution in [3.05, 3.63) is 51.4 Å². The van der Waals surface area contributed by atoms with Gasteiger partial charge < -0.3 is 18.7 Å². The van der Waals surface area contributed by atoms with Gasteiger partial charge in [-0.2, -0.15) is 0 Å². The number of ether oxygens (including phenoxy) is 2. The first kappa shape index (κ1) is 26.5. The predicted molar refractivity (Wildman–Crippen MR) is 145 cm³/mol. The van der Waals surface area contributed by atoms with Crippen molar-refractivity contribution in [3.63, 3.8) is 0 Å². The third-order valence-corrected chi connectivity index (χ3v) is 10.8. The van der Waals surface area contributed by atoms with E-state index in [1.54, 1.807) is 6.08 Å². The SMILES string of the molecule is CC(=O)C1(c2cc(NS(O)(P)C3=CC=C(Cl)C(Cl)C3C)ccc2CCCC2CC2)OCCCO1. The first-order valence-corrected chi connectivity index (χ1v) is 15.8. The van der Waals surface area contributed by atoms with Crippen molar-refractivity contribution < 1.29 is 18.8 Å². The second-order valence-corrected chi connectivity index (χ2v) is 14.3. The number of nitrogens with one attached hydrogen (secondary N) is 1. The van der Waals surface area contributed by atoms with E-state index in [1.165, 1.54) is 26.2 Å². The Kier molecular flexibility index (Phi) is 8.41. The fourth-order valence-electron chi connectivity index (χ4n) is 4.65. The van der Waals surface area contributed by atoms with Crippen LogP contribution >= 0.6 is 41.8 Å². The summed E-state index contributed by atoms with van der Waals surface area (Å²) in [5, 5.41) is 0.170. The van der Waals surface area contributed by atoms with Gasteiger partial charge in [-0.1, -0.05) is 43.9 Å². The number of allylic oxidation sites excluding steroid dienone is 4. The number of alkyl halides is 1. The van der Waals surface area contributed by atoms with Crippen LogP contribution < -0.4 is 4.72 Å². The second kappa shape index (κ2) is 10.8. The third-order valence-electron chi connectivity index (χ3n) is 6.77. The highest BCUT2D eigenvalue weighted by molar-refractivity contribution is 8.68. The maximum absolute atomic E-state index is 12.9. The van der Waals surface area contributed by atoms with E-state index in [0.717, 1.165) is 41.2 Å². The number of carbonyl (C=O) groups excluding carboxylic acids is 1. The Labute approximate surface area is 216 Å². The molecule has 1 aromatic carbocycles. The first-order chi connectivity index (χ1) is 16.1. The maximum Gasteiger partial charge on any atom is 0.256 e. The fraction of sp³-hybridized carbons (Fsp3) is 0.560. The van der Waals surface area contributed by atoms with Gasteiger partial charge in [0.2, 0.25) is 0 Å². The van der Waals surface area contributed by atoms with E-state index in [9.17, 15) is 9.35 Å². The van der Waals surface area contributed by atoms with Gasteiger partial charge >= 0.3 is 0 Å². The Balaban J connectivity index is 1.65. The van der Waals surface area contributed by atoms with Crippen molar-refractivity contribution >= 4 is 53.2 Å². The average Bonchev–Trinajstić information content (AvgIpc) is 3.62. The summed E-state index contributed by atoms with van der Waals surface area (Å²) in [4.78, 5) is 13.6. The van der Waals surface area contributed by atoms with Gasteiger partial charge in [-0.3, -0.25) is 4.79 Å². The molecule has 0 radical (unpaired) electrons. The molecule has 188 valence electrons. The Morgan fingerprint density at radius 2 is 2.00 bits per heavy atom. The summed E-state index contributed by atoms with van der Waals surface area (Å²) in [6, 6.07) is 5.87. The zero-order chi connectivity index (χ0) is 24.5. The van der Waals surface area contributed by atoms with Gasteiger partial charge in [0.15, 0.2) is 5.78 Å². The number of carbonyl (C=O) groups is 1. The molecular formula is C25H34Cl2NO4PS. The van der Waals surface area contributed by atoms with Gasteiger partial charge in [-0.15, -0.1) is 11.6 Å². The highest BCUT2D eigenvalue weighted by Gasteiger charge is 2.44. The number of hydrogen-bond donors (Lipinski definition) is 2. The van der Waals surface area contributed by atoms with E-state index in [2.05, 4.69) is 13.2 Å². The largest absolute Gasteiger partial charge is 0.340 e. The van der Waals surface area contributed by atoms with E-state index in [0.29, 0.717) is 23.9 Å². The number of halogens is 2. The second-order valence-electron chi connectivity index (χ2n) is 9.47. The van der Waals surface area contributed by atoms with Crippen molar-refractivity contribution in [2.45, 2.75) is 63.5 Å². The van der Waals surface area contributed by atoms with Crippen LogP contribution in [0.15, 0.2) is 40.3 Å². The summed E-state index contributed by atoms with van der Waals surface area (Å²) in [6.07, 6.45) is 10.1. The molecule has 2 fully saturated rings. The van der Waals surface area contributed by atoms with Crippen LogP contribution in [-0.2, 0) is 26.5 Å². The molecule has 2 aliphatic carbocycles. The topological polar surface area (TPSA) is 67.8 Å². The Hall–Kier alpha value is -0.590. The molecule has 0 spiro atoms. The summed E-state index contributed by atoms with van der Waals surface area (Å²) in [5.41, 5.74) is 2.46. The van der Waals surface area contributed by atoms with E-state index in [-0.39, 0.29) is 11.7 Å². The van der Waals surface area contributed by atoms with Crippen LogP contribution in [0.1, 0.15) is 57.1 Å². The molecule has 5 nitrogen and oxygen atoms in total. The molecule has 1 aliphatic heterocycles.